The van der Waals surface area contributed by atoms with Crippen LogP contribution in [0.15, 0.2) is 53.9 Å². The van der Waals surface area contributed by atoms with Crippen LogP contribution in [0.3, 0.4) is 0 Å². The minimum Gasteiger partial charge on any atom is -0.343 e. The summed E-state index contributed by atoms with van der Waals surface area (Å²) in [5.74, 6) is -0.612. The first kappa shape index (κ1) is 24.1. The number of hydrogen-bond acceptors (Lipinski definition) is 5. The van der Waals surface area contributed by atoms with E-state index in [0.29, 0.717) is 11.3 Å². The molecule has 1 heterocycles. The van der Waals surface area contributed by atoms with Crippen LogP contribution < -0.4 is 16.0 Å². The van der Waals surface area contributed by atoms with Gasteiger partial charge in [0.15, 0.2) is 5.16 Å². The van der Waals surface area contributed by atoms with Crippen LogP contribution in [-0.2, 0) is 16.6 Å². The molecule has 0 radical (unpaired) electrons. The first-order chi connectivity index (χ1) is 15.7. The maximum Gasteiger partial charge on any atom is 0.251 e. The van der Waals surface area contributed by atoms with Gasteiger partial charge in [0.05, 0.1) is 12.3 Å². The number of anilines is 2. The molecule has 3 amide bonds. The lowest BCUT2D eigenvalue weighted by Crippen LogP contribution is -2.33. The van der Waals surface area contributed by atoms with Gasteiger partial charge in [-0.15, -0.1) is 0 Å². The molecule has 1 aromatic heterocycles. The second-order valence-electron chi connectivity index (χ2n) is 7.74. The van der Waals surface area contributed by atoms with Crippen LogP contribution in [0.2, 0.25) is 0 Å². The Balaban J connectivity index is 1.47. The van der Waals surface area contributed by atoms with E-state index < -0.39 is 0 Å². The number of hydrogen-bond donors (Lipinski definition) is 3. The van der Waals surface area contributed by atoms with E-state index in [2.05, 4.69) is 20.9 Å². The van der Waals surface area contributed by atoms with Crippen LogP contribution >= 0.6 is 11.8 Å². The molecule has 0 saturated carbocycles. The molecule has 8 nitrogen and oxygen atoms in total. The standard InChI is InChI=1S/C24H27N5O3S/c1-15-11-16(2)22(17(3)12-15)28-20(30)13-26-23(32)18-5-7-19(8-6-18)27-21(31)14-33-24-25-9-10-29(24)4/h5-12H,13-14H2,1-4H3,(H,26,32)(H,27,31)(H,28,30). The van der Waals surface area contributed by atoms with Gasteiger partial charge in [-0.2, -0.15) is 0 Å². The number of thioether (sulfide) groups is 1. The fourth-order valence-corrected chi connectivity index (χ4v) is 4.08. The molecule has 0 aliphatic rings. The van der Waals surface area contributed by atoms with Gasteiger partial charge >= 0.3 is 0 Å². The summed E-state index contributed by atoms with van der Waals surface area (Å²) in [5.41, 5.74) is 4.82. The summed E-state index contributed by atoms with van der Waals surface area (Å²) in [6.45, 7) is 5.73. The van der Waals surface area contributed by atoms with Gasteiger partial charge in [0.1, 0.15) is 0 Å². The van der Waals surface area contributed by atoms with Crippen molar-refractivity contribution < 1.29 is 14.4 Å². The quantitative estimate of drug-likeness (QED) is 0.442. The average Bonchev–Trinajstić information content (AvgIpc) is 3.18. The van der Waals surface area contributed by atoms with Gasteiger partial charge < -0.3 is 20.5 Å². The number of carbonyl (C=O) groups excluding carboxylic acids is 3. The average molecular weight is 466 g/mol. The normalized spacial score (nSPS) is 10.5. The summed E-state index contributed by atoms with van der Waals surface area (Å²) in [5, 5.41) is 9.03. The van der Waals surface area contributed by atoms with Crippen molar-refractivity contribution in [1.29, 1.82) is 0 Å². The predicted octanol–water partition coefficient (Wildman–Crippen LogP) is 3.44. The Labute approximate surface area is 197 Å². The molecule has 0 saturated heterocycles. The van der Waals surface area contributed by atoms with E-state index in [0.717, 1.165) is 27.5 Å². The summed E-state index contributed by atoms with van der Waals surface area (Å²) in [6.07, 6.45) is 3.50. The number of aromatic nitrogens is 2. The van der Waals surface area contributed by atoms with Crippen LogP contribution in [0, 0.1) is 20.8 Å². The molecule has 0 spiro atoms. The van der Waals surface area contributed by atoms with Crippen LogP contribution in [0.5, 0.6) is 0 Å². The molecule has 0 aliphatic heterocycles. The fraction of sp³-hybridized carbons (Fsp3) is 0.250. The molecule has 0 aliphatic carbocycles. The maximum absolute atomic E-state index is 12.4. The number of amides is 3. The van der Waals surface area contributed by atoms with E-state index in [1.165, 1.54) is 11.8 Å². The second-order valence-corrected chi connectivity index (χ2v) is 8.68. The van der Waals surface area contributed by atoms with Crippen molar-refractivity contribution in [1.82, 2.24) is 14.9 Å². The third-order valence-electron chi connectivity index (χ3n) is 4.89. The van der Waals surface area contributed by atoms with E-state index in [-0.39, 0.29) is 30.0 Å². The molecular formula is C24H27N5O3S. The molecule has 2 aromatic carbocycles. The topological polar surface area (TPSA) is 105 Å². The Morgan fingerprint density at radius 3 is 2.24 bits per heavy atom. The lowest BCUT2D eigenvalue weighted by molar-refractivity contribution is -0.115. The molecule has 172 valence electrons. The smallest absolute Gasteiger partial charge is 0.251 e. The zero-order valence-corrected chi connectivity index (χ0v) is 19.9. The van der Waals surface area contributed by atoms with Crippen molar-refractivity contribution in [2.45, 2.75) is 25.9 Å². The number of aryl methyl sites for hydroxylation is 4. The zero-order valence-electron chi connectivity index (χ0n) is 19.1. The Morgan fingerprint density at radius 1 is 0.970 bits per heavy atom. The number of nitrogens with zero attached hydrogens (tertiary/aromatic N) is 2. The highest BCUT2D eigenvalue weighted by molar-refractivity contribution is 7.99. The molecule has 0 bridgehead atoms. The highest BCUT2D eigenvalue weighted by Crippen LogP contribution is 2.21. The van der Waals surface area contributed by atoms with Crippen molar-refractivity contribution in [3.8, 4) is 0 Å². The second kappa shape index (κ2) is 10.8. The minimum atomic E-state index is -0.370. The molecule has 3 rings (SSSR count). The molecule has 0 fully saturated rings. The van der Waals surface area contributed by atoms with Crippen LogP contribution in [-0.4, -0.2) is 39.6 Å². The van der Waals surface area contributed by atoms with Crippen molar-refractivity contribution in [2.24, 2.45) is 7.05 Å². The third kappa shape index (κ3) is 6.69. The van der Waals surface area contributed by atoms with Gasteiger partial charge in [-0.05, 0) is 56.2 Å². The van der Waals surface area contributed by atoms with Gasteiger partial charge in [0.2, 0.25) is 11.8 Å². The largest absolute Gasteiger partial charge is 0.343 e. The van der Waals surface area contributed by atoms with Crippen LogP contribution in [0.4, 0.5) is 11.4 Å². The monoisotopic (exact) mass is 465 g/mol. The van der Waals surface area contributed by atoms with Gasteiger partial charge in [0.25, 0.3) is 5.91 Å². The number of benzene rings is 2. The lowest BCUT2D eigenvalue weighted by Gasteiger charge is -2.13. The summed E-state index contributed by atoms with van der Waals surface area (Å²) >= 11 is 1.34. The molecule has 3 aromatic rings. The number of carbonyl (C=O) groups is 3. The highest BCUT2D eigenvalue weighted by Gasteiger charge is 2.12. The summed E-state index contributed by atoms with van der Waals surface area (Å²) in [4.78, 5) is 41.0. The fourth-order valence-electron chi connectivity index (χ4n) is 3.35. The van der Waals surface area contributed by atoms with Gasteiger partial charge in [-0.3, -0.25) is 14.4 Å². The SMILES string of the molecule is Cc1cc(C)c(NC(=O)CNC(=O)c2ccc(NC(=O)CSc3nccn3C)cc2)c(C)c1. The van der Waals surface area contributed by atoms with Gasteiger partial charge in [-0.1, -0.05) is 29.5 Å². The molecule has 0 atom stereocenters. The third-order valence-corrected chi connectivity index (χ3v) is 5.95. The van der Waals surface area contributed by atoms with Crippen molar-refractivity contribution in [3.05, 3.63) is 71.0 Å². The Morgan fingerprint density at radius 2 is 1.64 bits per heavy atom. The van der Waals surface area contributed by atoms with Gasteiger partial charge in [0, 0.05) is 36.4 Å². The van der Waals surface area contributed by atoms with E-state index in [4.69, 9.17) is 0 Å². The van der Waals surface area contributed by atoms with Crippen LogP contribution in [0.25, 0.3) is 0 Å². The highest BCUT2D eigenvalue weighted by atomic mass is 32.2. The van der Waals surface area contributed by atoms with E-state index in [1.807, 2.05) is 50.7 Å². The van der Waals surface area contributed by atoms with E-state index >= 15 is 0 Å². The Kier molecular flexibility index (Phi) is 7.89. The number of imidazole rings is 1. The maximum atomic E-state index is 12.4. The molecule has 3 N–H and O–H groups in total. The molecule has 9 heteroatoms. The van der Waals surface area contributed by atoms with Crippen molar-refractivity contribution >= 4 is 40.9 Å². The van der Waals surface area contributed by atoms with Crippen LogP contribution in [0.1, 0.15) is 27.0 Å². The molecule has 33 heavy (non-hydrogen) atoms. The lowest BCUT2D eigenvalue weighted by atomic mass is 10.1. The van der Waals surface area contributed by atoms with Gasteiger partial charge in [-0.25, -0.2) is 4.98 Å². The first-order valence-corrected chi connectivity index (χ1v) is 11.4. The van der Waals surface area contributed by atoms with Crippen molar-refractivity contribution in [3.63, 3.8) is 0 Å². The Bertz CT molecular complexity index is 1150. The minimum absolute atomic E-state index is 0.144. The zero-order chi connectivity index (χ0) is 24.0. The van der Waals surface area contributed by atoms with E-state index in [9.17, 15) is 14.4 Å². The number of nitrogens with one attached hydrogen (secondary N) is 3. The molecule has 0 unspecified atom stereocenters. The summed E-state index contributed by atoms with van der Waals surface area (Å²) in [7, 11) is 1.87. The molecular weight excluding hydrogens is 438 g/mol. The Hall–Kier alpha value is -3.59. The van der Waals surface area contributed by atoms with E-state index in [1.54, 1.807) is 30.5 Å². The number of rotatable bonds is 8. The first-order valence-electron chi connectivity index (χ1n) is 10.4. The summed E-state index contributed by atoms with van der Waals surface area (Å²) in [6, 6.07) is 10.5. The summed E-state index contributed by atoms with van der Waals surface area (Å²) < 4.78 is 1.84. The predicted molar refractivity (Wildman–Crippen MR) is 131 cm³/mol. The van der Waals surface area contributed by atoms with Crippen molar-refractivity contribution in [2.75, 3.05) is 22.9 Å².